The maximum Gasteiger partial charge on any atom is 0.320 e. The van der Waals surface area contributed by atoms with E-state index in [1.165, 1.54) is 0 Å². The number of carbonyl (C=O) groups is 4. The number of carboxylic acid groups (broad SMARTS) is 4. The molecule has 4 aliphatic rings. The predicted octanol–water partition coefficient (Wildman–Crippen LogP) is -0.713. The van der Waals surface area contributed by atoms with Crippen molar-refractivity contribution >= 4 is 23.9 Å². The minimum absolute atomic E-state index is 0. The Morgan fingerprint density at radius 3 is 0.676 bits per heavy atom. The van der Waals surface area contributed by atoms with Gasteiger partial charge in [-0.2, -0.15) is 0 Å². The monoisotopic (exact) mass is 666 g/mol. The molecule has 4 fully saturated rings. The molecule has 34 heavy (non-hydrogen) atoms. The average molecular weight is 666 g/mol. The summed E-state index contributed by atoms with van der Waals surface area (Å²) in [4.78, 5) is 40.6. The number of nitrogens with one attached hydrogen (secondary N) is 4. The standard InChI is InChI=1S/4C5H9NO2.2Rh/c4*7-5(8)4-2-1-3-6-4;;/h4*4,6H,1-3H2,(H,7,8);;/t4*4-;;/m0000../s1. The van der Waals surface area contributed by atoms with E-state index in [1.54, 1.807) is 0 Å². The van der Waals surface area contributed by atoms with Crippen molar-refractivity contribution in [1.82, 2.24) is 21.3 Å². The summed E-state index contributed by atoms with van der Waals surface area (Å²) in [6.45, 7) is 3.43. The van der Waals surface area contributed by atoms with Crippen molar-refractivity contribution < 1.29 is 78.6 Å². The first-order valence-corrected chi connectivity index (χ1v) is 11.1. The van der Waals surface area contributed by atoms with Gasteiger partial charge in [-0.25, -0.2) is 0 Å². The largest absolute Gasteiger partial charge is 0.480 e. The minimum Gasteiger partial charge on any atom is -0.480 e. The van der Waals surface area contributed by atoms with Crippen LogP contribution < -0.4 is 21.3 Å². The Hall–Kier alpha value is -1.03. The van der Waals surface area contributed by atoms with Gasteiger partial charge >= 0.3 is 23.9 Å². The van der Waals surface area contributed by atoms with E-state index in [0.29, 0.717) is 0 Å². The van der Waals surface area contributed by atoms with Crippen molar-refractivity contribution in [2.75, 3.05) is 26.2 Å². The number of hydrogen-bond acceptors (Lipinski definition) is 8. The molecular formula is C20H36N4O8Rh2. The average Bonchev–Trinajstić information content (AvgIpc) is 3.56. The molecule has 4 atom stereocenters. The van der Waals surface area contributed by atoms with Gasteiger partial charge in [0.25, 0.3) is 0 Å². The summed E-state index contributed by atoms with van der Waals surface area (Å²) in [5.74, 6) is -2.88. The molecule has 0 bridgehead atoms. The van der Waals surface area contributed by atoms with Gasteiger partial charge in [0.2, 0.25) is 0 Å². The van der Waals surface area contributed by atoms with Crippen LogP contribution in [-0.2, 0) is 58.1 Å². The number of aliphatic carboxylic acids is 4. The Morgan fingerprint density at radius 1 is 0.441 bits per heavy atom. The van der Waals surface area contributed by atoms with Crippen LogP contribution in [-0.4, -0.2) is 94.6 Å². The summed E-state index contributed by atoms with van der Waals surface area (Å²) in [7, 11) is 0. The molecule has 0 spiro atoms. The van der Waals surface area contributed by atoms with Crippen LogP contribution in [0, 0.1) is 0 Å². The fourth-order valence-corrected chi connectivity index (χ4v) is 3.58. The molecule has 4 saturated heterocycles. The molecule has 2 radical (unpaired) electrons. The Labute approximate surface area is 224 Å². The van der Waals surface area contributed by atoms with Crippen LogP contribution in [0.1, 0.15) is 51.4 Å². The molecule has 4 heterocycles. The summed E-state index contributed by atoms with van der Waals surface area (Å²) in [6.07, 6.45) is 7.14. The van der Waals surface area contributed by atoms with Crippen molar-refractivity contribution in [3.05, 3.63) is 0 Å². The zero-order valence-electron chi connectivity index (χ0n) is 18.9. The van der Waals surface area contributed by atoms with Gasteiger partial charge in [-0.3, -0.25) is 19.2 Å². The third-order valence-electron chi connectivity index (χ3n) is 5.43. The van der Waals surface area contributed by atoms with Crippen molar-refractivity contribution in [3.8, 4) is 0 Å². The predicted molar refractivity (Wildman–Crippen MR) is 115 cm³/mol. The van der Waals surface area contributed by atoms with Crippen LogP contribution in [0.3, 0.4) is 0 Å². The summed E-state index contributed by atoms with van der Waals surface area (Å²) >= 11 is 0. The normalized spacial score (nSPS) is 26.6. The Morgan fingerprint density at radius 2 is 0.618 bits per heavy atom. The van der Waals surface area contributed by atoms with Crippen LogP contribution in [0.2, 0.25) is 0 Å². The molecule has 8 N–H and O–H groups in total. The van der Waals surface area contributed by atoms with E-state index in [-0.39, 0.29) is 63.1 Å². The molecule has 12 nitrogen and oxygen atoms in total. The van der Waals surface area contributed by atoms with Crippen LogP contribution in [0.5, 0.6) is 0 Å². The first kappa shape index (κ1) is 35.1. The van der Waals surface area contributed by atoms with E-state index < -0.39 is 23.9 Å². The maximum atomic E-state index is 10.1. The summed E-state index contributed by atoms with van der Waals surface area (Å²) in [5.41, 5.74) is 0. The molecule has 0 saturated carbocycles. The van der Waals surface area contributed by atoms with E-state index in [0.717, 1.165) is 77.5 Å². The second-order valence-electron chi connectivity index (χ2n) is 7.95. The molecule has 0 aromatic rings. The third-order valence-corrected chi connectivity index (χ3v) is 5.43. The van der Waals surface area contributed by atoms with Crippen molar-refractivity contribution in [3.63, 3.8) is 0 Å². The van der Waals surface area contributed by atoms with E-state index >= 15 is 0 Å². The van der Waals surface area contributed by atoms with Crippen molar-refractivity contribution in [2.45, 2.75) is 75.5 Å². The summed E-state index contributed by atoms with van der Waals surface area (Å²) < 4.78 is 0. The van der Waals surface area contributed by atoms with Crippen LogP contribution >= 0.6 is 0 Å². The molecule has 4 rings (SSSR count). The third kappa shape index (κ3) is 15.1. The van der Waals surface area contributed by atoms with E-state index in [9.17, 15) is 19.2 Å². The minimum atomic E-state index is -0.720. The summed E-state index contributed by atoms with van der Waals surface area (Å²) in [6, 6.07) is -1.07. The number of hydrogen-bond donors (Lipinski definition) is 8. The second-order valence-corrected chi connectivity index (χ2v) is 7.95. The number of carboxylic acids is 4. The van der Waals surface area contributed by atoms with Crippen LogP contribution in [0.25, 0.3) is 0 Å². The first-order valence-electron chi connectivity index (χ1n) is 11.1. The first-order chi connectivity index (χ1) is 15.2. The van der Waals surface area contributed by atoms with Gasteiger partial charge in [0, 0.05) is 39.0 Å². The van der Waals surface area contributed by atoms with Crippen molar-refractivity contribution in [1.29, 1.82) is 0 Å². The molecule has 0 unspecified atom stereocenters. The Kier molecular flexibility index (Phi) is 20.9. The van der Waals surface area contributed by atoms with Gasteiger partial charge in [-0.05, 0) is 77.5 Å². The van der Waals surface area contributed by atoms with E-state index in [2.05, 4.69) is 21.3 Å². The van der Waals surface area contributed by atoms with Gasteiger partial charge in [0.15, 0.2) is 0 Å². The molecule has 14 heteroatoms. The van der Waals surface area contributed by atoms with Gasteiger partial charge in [0.1, 0.15) is 24.2 Å². The smallest absolute Gasteiger partial charge is 0.320 e. The molecule has 0 aromatic carbocycles. The van der Waals surface area contributed by atoms with Gasteiger partial charge in [-0.15, -0.1) is 0 Å². The zero-order valence-corrected chi connectivity index (χ0v) is 22.2. The maximum absolute atomic E-state index is 10.1. The fourth-order valence-electron chi connectivity index (χ4n) is 3.58. The molecular weight excluding hydrogens is 630 g/mol. The van der Waals surface area contributed by atoms with Crippen molar-refractivity contribution in [2.24, 2.45) is 0 Å². The quantitative estimate of drug-likeness (QED) is 0.176. The SMILES string of the molecule is O=C(O)[C@@H]1CCCN1.O=C(O)[C@@H]1CCCN1.O=C(O)[C@@H]1CCCN1.O=C(O)[C@@H]1CCCN1.[Rh].[Rh]. The molecule has 0 amide bonds. The fraction of sp³-hybridized carbons (Fsp3) is 0.800. The second kappa shape index (κ2) is 20.2. The Balaban J connectivity index is 0. The van der Waals surface area contributed by atoms with Gasteiger partial charge < -0.3 is 41.7 Å². The van der Waals surface area contributed by atoms with Crippen LogP contribution in [0.15, 0.2) is 0 Å². The van der Waals surface area contributed by atoms with E-state index in [4.69, 9.17) is 20.4 Å². The Bertz CT molecular complexity index is 501. The summed E-state index contributed by atoms with van der Waals surface area (Å²) in [5, 5.41) is 44.8. The molecule has 4 aliphatic heterocycles. The molecule has 0 aliphatic carbocycles. The topological polar surface area (TPSA) is 197 Å². The molecule has 0 aromatic heterocycles. The van der Waals surface area contributed by atoms with Gasteiger partial charge in [-0.1, -0.05) is 0 Å². The zero-order chi connectivity index (χ0) is 23.9. The van der Waals surface area contributed by atoms with E-state index in [1.807, 2.05) is 0 Å². The number of rotatable bonds is 4. The molecule has 202 valence electrons. The van der Waals surface area contributed by atoms with Crippen LogP contribution in [0.4, 0.5) is 0 Å². The van der Waals surface area contributed by atoms with Gasteiger partial charge in [0.05, 0.1) is 0 Å².